The first-order valence-corrected chi connectivity index (χ1v) is 9.00. The Morgan fingerprint density at radius 3 is 2.40 bits per heavy atom. The lowest BCUT2D eigenvalue weighted by Gasteiger charge is -2.21. The standard InChI is InChI=1S/C20H18F3N5O2/c1-2-27(11-18(29)26-17-6-4-3-5-16(17)20(21,22)23)19(30)14-7-9-15(10-8-14)28-13-24-12-25-28/h3-10,12-13H,2,11H2,1H3,(H,26,29). The molecular formula is C20H18F3N5O2. The Hall–Kier alpha value is -3.69. The normalized spacial score (nSPS) is 11.2. The molecule has 1 aromatic heterocycles. The number of nitrogens with one attached hydrogen (secondary N) is 1. The molecule has 0 aliphatic carbocycles. The van der Waals surface area contributed by atoms with Gasteiger partial charge in [-0.25, -0.2) is 9.67 Å². The van der Waals surface area contributed by atoms with E-state index in [1.807, 2.05) is 0 Å². The zero-order chi connectivity index (χ0) is 21.7. The lowest BCUT2D eigenvalue weighted by atomic mass is 10.1. The van der Waals surface area contributed by atoms with E-state index in [9.17, 15) is 22.8 Å². The Morgan fingerprint density at radius 1 is 1.10 bits per heavy atom. The number of aromatic nitrogens is 3. The minimum atomic E-state index is -4.60. The van der Waals surface area contributed by atoms with Crippen LogP contribution < -0.4 is 5.32 Å². The number of likely N-dealkylation sites (N-methyl/N-ethyl adjacent to an activating group) is 1. The molecule has 0 unspecified atom stereocenters. The van der Waals surface area contributed by atoms with Crippen LogP contribution in [-0.4, -0.2) is 44.6 Å². The lowest BCUT2D eigenvalue weighted by Crippen LogP contribution is -2.38. The minimum Gasteiger partial charge on any atom is -0.330 e. The van der Waals surface area contributed by atoms with Gasteiger partial charge in [0.25, 0.3) is 5.91 Å². The van der Waals surface area contributed by atoms with Crippen molar-refractivity contribution in [2.75, 3.05) is 18.4 Å². The fourth-order valence-corrected chi connectivity index (χ4v) is 2.81. The molecule has 2 aromatic carbocycles. The topological polar surface area (TPSA) is 80.1 Å². The monoisotopic (exact) mass is 417 g/mol. The average Bonchev–Trinajstić information content (AvgIpc) is 3.26. The van der Waals surface area contributed by atoms with Crippen molar-refractivity contribution in [2.45, 2.75) is 13.1 Å². The fourth-order valence-electron chi connectivity index (χ4n) is 2.81. The van der Waals surface area contributed by atoms with Gasteiger partial charge < -0.3 is 10.2 Å². The summed E-state index contributed by atoms with van der Waals surface area (Å²) in [5.41, 5.74) is -0.259. The van der Waals surface area contributed by atoms with Gasteiger partial charge in [0.15, 0.2) is 0 Å². The smallest absolute Gasteiger partial charge is 0.330 e. The maximum Gasteiger partial charge on any atom is 0.418 e. The molecule has 0 saturated heterocycles. The SMILES string of the molecule is CCN(CC(=O)Nc1ccccc1C(F)(F)F)C(=O)c1ccc(-n2cncn2)cc1. The fraction of sp³-hybridized carbons (Fsp3) is 0.200. The quantitative estimate of drug-likeness (QED) is 0.667. The van der Waals surface area contributed by atoms with Gasteiger partial charge in [0.1, 0.15) is 19.2 Å². The van der Waals surface area contributed by atoms with E-state index in [-0.39, 0.29) is 18.8 Å². The van der Waals surface area contributed by atoms with Gasteiger partial charge in [-0.3, -0.25) is 9.59 Å². The lowest BCUT2D eigenvalue weighted by molar-refractivity contribution is -0.137. The maximum absolute atomic E-state index is 13.1. The van der Waals surface area contributed by atoms with E-state index in [0.717, 1.165) is 6.07 Å². The van der Waals surface area contributed by atoms with E-state index in [1.54, 1.807) is 31.2 Å². The average molecular weight is 417 g/mol. The Morgan fingerprint density at radius 2 is 1.80 bits per heavy atom. The number of carbonyl (C=O) groups excluding carboxylic acids is 2. The Balaban J connectivity index is 1.69. The zero-order valence-corrected chi connectivity index (χ0v) is 15.9. The van der Waals surface area contributed by atoms with Crippen LogP contribution in [0, 0.1) is 0 Å². The van der Waals surface area contributed by atoms with E-state index in [0.29, 0.717) is 11.3 Å². The van der Waals surface area contributed by atoms with Gasteiger partial charge in [0.05, 0.1) is 16.9 Å². The van der Waals surface area contributed by atoms with Gasteiger partial charge in [-0.15, -0.1) is 0 Å². The van der Waals surface area contributed by atoms with Crippen LogP contribution in [0.3, 0.4) is 0 Å². The van der Waals surface area contributed by atoms with Crippen molar-refractivity contribution in [3.05, 3.63) is 72.3 Å². The molecule has 3 aromatic rings. The number of benzene rings is 2. The third-order valence-electron chi connectivity index (χ3n) is 4.31. The number of alkyl halides is 3. The van der Waals surface area contributed by atoms with Crippen LogP contribution in [0.5, 0.6) is 0 Å². The molecule has 30 heavy (non-hydrogen) atoms. The summed E-state index contributed by atoms with van der Waals surface area (Å²) < 4.78 is 40.8. The largest absolute Gasteiger partial charge is 0.418 e. The van der Waals surface area contributed by atoms with Gasteiger partial charge in [-0.1, -0.05) is 12.1 Å². The van der Waals surface area contributed by atoms with Crippen LogP contribution in [0.15, 0.2) is 61.2 Å². The third kappa shape index (κ3) is 4.83. The molecule has 3 rings (SSSR count). The summed E-state index contributed by atoms with van der Waals surface area (Å²) >= 11 is 0. The highest BCUT2D eigenvalue weighted by atomic mass is 19.4. The summed E-state index contributed by atoms with van der Waals surface area (Å²) in [5, 5.41) is 6.24. The molecule has 7 nitrogen and oxygen atoms in total. The van der Waals surface area contributed by atoms with E-state index in [4.69, 9.17) is 0 Å². The molecule has 0 aliphatic rings. The zero-order valence-electron chi connectivity index (χ0n) is 15.9. The number of carbonyl (C=O) groups is 2. The van der Waals surface area contributed by atoms with Crippen LogP contribution in [0.25, 0.3) is 5.69 Å². The van der Waals surface area contributed by atoms with E-state index >= 15 is 0 Å². The van der Waals surface area contributed by atoms with Gasteiger partial charge in [-0.2, -0.15) is 18.3 Å². The second kappa shape index (κ2) is 8.76. The van der Waals surface area contributed by atoms with Crippen molar-refractivity contribution in [3.63, 3.8) is 0 Å². The summed E-state index contributed by atoms with van der Waals surface area (Å²) in [5.74, 6) is -1.14. The van der Waals surface area contributed by atoms with Gasteiger partial charge >= 0.3 is 6.18 Å². The number of hydrogen-bond donors (Lipinski definition) is 1. The highest BCUT2D eigenvalue weighted by Crippen LogP contribution is 2.34. The highest BCUT2D eigenvalue weighted by Gasteiger charge is 2.33. The van der Waals surface area contributed by atoms with Crippen LogP contribution in [0.1, 0.15) is 22.8 Å². The maximum atomic E-state index is 13.1. The van der Waals surface area contributed by atoms with Crippen LogP contribution in [0.4, 0.5) is 18.9 Å². The van der Waals surface area contributed by atoms with Crippen molar-refractivity contribution >= 4 is 17.5 Å². The first kappa shape index (κ1) is 21.0. The molecule has 0 aliphatic heterocycles. The predicted octanol–water partition coefficient (Wildman–Crippen LogP) is 3.39. The van der Waals surface area contributed by atoms with Gasteiger partial charge in [-0.05, 0) is 43.3 Å². The van der Waals surface area contributed by atoms with Crippen molar-refractivity contribution < 1.29 is 22.8 Å². The van der Waals surface area contributed by atoms with E-state index in [1.165, 1.54) is 40.4 Å². The van der Waals surface area contributed by atoms with Crippen LogP contribution >= 0.6 is 0 Å². The number of para-hydroxylation sites is 1. The number of anilines is 1. The number of halogens is 3. The molecule has 0 radical (unpaired) electrons. The summed E-state index contributed by atoms with van der Waals surface area (Å²) in [7, 11) is 0. The molecule has 2 amide bonds. The molecule has 0 atom stereocenters. The molecule has 156 valence electrons. The molecule has 0 bridgehead atoms. The van der Waals surface area contributed by atoms with Crippen LogP contribution in [0.2, 0.25) is 0 Å². The Bertz CT molecular complexity index is 1020. The second-order valence-electron chi connectivity index (χ2n) is 6.30. The molecular weight excluding hydrogens is 399 g/mol. The summed E-state index contributed by atoms with van der Waals surface area (Å²) in [6, 6.07) is 11.2. The molecule has 0 saturated carbocycles. The van der Waals surface area contributed by atoms with Crippen molar-refractivity contribution in [1.29, 1.82) is 0 Å². The second-order valence-corrected chi connectivity index (χ2v) is 6.30. The summed E-state index contributed by atoms with van der Waals surface area (Å²) in [6.45, 7) is 1.50. The van der Waals surface area contributed by atoms with Gasteiger partial charge in [0.2, 0.25) is 5.91 Å². The summed E-state index contributed by atoms with van der Waals surface area (Å²) in [6.07, 6.45) is -1.71. The number of rotatable bonds is 6. The number of nitrogens with zero attached hydrogens (tertiary/aromatic N) is 4. The first-order chi connectivity index (χ1) is 14.3. The molecule has 10 heteroatoms. The van der Waals surface area contributed by atoms with Crippen LogP contribution in [-0.2, 0) is 11.0 Å². The molecule has 0 spiro atoms. The molecule has 0 fully saturated rings. The Kier molecular flexibility index (Phi) is 6.14. The number of hydrogen-bond acceptors (Lipinski definition) is 4. The van der Waals surface area contributed by atoms with E-state index in [2.05, 4.69) is 15.4 Å². The van der Waals surface area contributed by atoms with E-state index < -0.39 is 23.6 Å². The minimum absolute atomic E-state index is 0.206. The highest BCUT2D eigenvalue weighted by molar-refractivity contribution is 5.99. The third-order valence-corrected chi connectivity index (χ3v) is 4.31. The van der Waals surface area contributed by atoms with Crippen molar-refractivity contribution in [1.82, 2.24) is 19.7 Å². The molecule has 1 N–H and O–H groups in total. The summed E-state index contributed by atoms with van der Waals surface area (Å²) in [4.78, 5) is 30.1. The first-order valence-electron chi connectivity index (χ1n) is 9.00. The predicted molar refractivity (Wildman–Crippen MR) is 103 cm³/mol. The van der Waals surface area contributed by atoms with Crippen molar-refractivity contribution in [3.8, 4) is 5.69 Å². The van der Waals surface area contributed by atoms with Gasteiger partial charge in [0, 0.05) is 12.1 Å². The molecule has 1 heterocycles. The Labute approximate surface area is 170 Å². The number of amides is 2. The van der Waals surface area contributed by atoms with Crippen molar-refractivity contribution in [2.24, 2.45) is 0 Å².